The Hall–Kier alpha value is -2.60. The number of halogens is 1. The van der Waals surface area contributed by atoms with E-state index in [-0.39, 0.29) is 11.7 Å². The minimum atomic E-state index is -0.318. The van der Waals surface area contributed by atoms with Crippen LogP contribution in [0.2, 0.25) is 0 Å². The molecule has 3 rings (SSSR count). The lowest BCUT2D eigenvalue weighted by atomic mass is 10.1. The minimum Gasteiger partial charge on any atom is -0.508 e. The van der Waals surface area contributed by atoms with Gasteiger partial charge in [0.15, 0.2) is 0 Å². The first-order valence-electron chi connectivity index (χ1n) is 6.53. The van der Waals surface area contributed by atoms with Crippen molar-refractivity contribution in [3.05, 3.63) is 64.8 Å². The molecule has 0 unspecified atom stereocenters. The summed E-state index contributed by atoms with van der Waals surface area (Å²) in [6.45, 7) is 0. The quantitative estimate of drug-likeness (QED) is 0.667. The second-order valence-corrected chi connectivity index (χ2v) is 5.59. The third-order valence-corrected chi connectivity index (χ3v) is 3.60. The van der Waals surface area contributed by atoms with Crippen molar-refractivity contribution in [3.63, 3.8) is 0 Å². The number of amides is 1. The van der Waals surface area contributed by atoms with Crippen molar-refractivity contribution in [2.45, 2.75) is 0 Å². The summed E-state index contributed by atoms with van der Waals surface area (Å²) in [4.78, 5) is 12.2. The number of rotatable bonds is 3. The van der Waals surface area contributed by atoms with Gasteiger partial charge >= 0.3 is 0 Å². The SMILES string of the molecule is O=C(Nc1cccc(O)c1)c1cc(-c2ccc(Br)cc2)n[nH]1. The third-order valence-electron chi connectivity index (χ3n) is 3.07. The molecule has 0 fully saturated rings. The normalized spacial score (nSPS) is 10.4. The van der Waals surface area contributed by atoms with Gasteiger partial charge in [-0.05, 0) is 30.3 Å². The van der Waals surface area contributed by atoms with E-state index in [9.17, 15) is 9.90 Å². The molecule has 6 heteroatoms. The zero-order valence-electron chi connectivity index (χ0n) is 11.4. The predicted octanol–water partition coefficient (Wildman–Crippen LogP) is 3.80. The number of H-pyrrole nitrogens is 1. The molecule has 0 radical (unpaired) electrons. The first-order valence-corrected chi connectivity index (χ1v) is 7.33. The Balaban J connectivity index is 1.78. The Morgan fingerprint density at radius 2 is 1.91 bits per heavy atom. The first kappa shape index (κ1) is 14.3. The number of anilines is 1. The van der Waals surface area contributed by atoms with E-state index in [1.165, 1.54) is 12.1 Å². The average Bonchev–Trinajstić information content (AvgIpc) is 2.98. The summed E-state index contributed by atoms with van der Waals surface area (Å²) in [5.41, 5.74) is 2.47. The average molecular weight is 358 g/mol. The number of aromatic nitrogens is 2. The number of carbonyl (C=O) groups is 1. The van der Waals surface area contributed by atoms with E-state index >= 15 is 0 Å². The fraction of sp³-hybridized carbons (Fsp3) is 0. The van der Waals surface area contributed by atoms with Crippen LogP contribution in [0, 0.1) is 0 Å². The summed E-state index contributed by atoms with van der Waals surface area (Å²) in [6.07, 6.45) is 0. The molecule has 0 saturated heterocycles. The van der Waals surface area contributed by atoms with E-state index in [0.717, 1.165) is 10.0 Å². The minimum absolute atomic E-state index is 0.0953. The smallest absolute Gasteiger partial charge is 0.273 e. The van der Waals surface area contributed by atoms with E-state index in [1.807, 2.05) is 24.3 Å². The van der Waals surface area contributed by atoms with Gasteiger partial charge in [0.2, 0.25) is 0 Å². The molecule has 0 saturated carbocycles. The van der Waals surface area contributed by atoms with Crippen LogP contribution in [0.1, 0.15) is 10.5 Å². The van der Waals surface area contributed by atoms with Gasteiger partial charge in [-0.3, -0.25) is 9.89 Å². The predicted molar refractivity (Wildman–Crippen MR) is 87.8 cm³/mol. The Bertz CT molecular complexity index is 812. The fourth-order valence-corrected chi connectivity index (χ4v) is 2.25. The number of hydrogen-bond donors (Lipinski definition) is 3. The summed E-state index contributed by atoms with van der Waals surface area (Å²) in [6, 6.07) is 15.7. The van der Waals surface area contributed by atoms with Gasteiger partial charge in [-0.1, -0.05) is 34.1 Å². The molecule has 0 aliphatic rings. The van der Waals surface area contributed by atoms with Gasteiger partial charge < -0.3 is 10.4 Å². The second-order valence-electron chi connectivity index (χ2n) is 4.68. The van der Waals surface area contributed by atoms with Crippen LogP contribution in [0.5, 0.6) is 5.75 Å². The van der Waals surface area contributed by atoms with Crippen LogP contribution in [0.25, 0.3) is 11.3 Å². The van der Waals surface area contributed by atoms with Crippen LogP contribution in [0.4, 0.5) is 5.69 Å². The second kappa shape index (κ2) is 6.03. The van der Waals surface area contributed by atoms with Crippen molar-refractivity contribution in [1.82, 2.24) is 10.2 Å². The van der Waals surface area contributed by atoms with Gasteiger partial charge in [0.05, 0.1) is 5.69 Å². The molecule has 5 nitrogen and oxygen atoms in total. The molecule has 0 atom stereocenters. The molecule has 3 N–H and O–H groups in total. The molecule has 1 heterocycles. The molecule has 110 valence electrons. The summed E-state index contributed by atoms with van der Waals surface area (Å²) in [7, 11) is 0. The Kier molecular flexibility index (Phi) is 3.93. The number of aromatic hydroxyl groups is 1. The van der Waals surface area contributed by atoms with Gasteiger partial charge in [-0.25, -0.2) is 0 Å². The van der Waals surface area contributed by atoms with Crippen LogP contribution in [0.15, 0.2) is 59.1 Å². The number of benzene rings is 2. The number of hydrogen-bond acceptors (Lipinski definition) is 3. The van der Waals surface area contributed by atoms with Crippen molar-refractivity contribution < 1.29 is 9.90 Å². The topological polar surface area (TPSA) is 78.0 Å². The maximum Gasteiger partial charge on any atom is 0.273 e. The molecule has 1 aromatic heterocycles. The maximum absolute atomic E-state index is 12.2. The molecular weight excluding hydrogens is 346 g/mol. The number of nitrogens with zero attached hydrogens (tertiary/aromatic N) is 1. The molecule has 0 aliphatic heterocycles. The zero-order chi connectivity index (χ0) is 15.5. The van der Waals surface area contributed by atoms with Crippen molar-refractivity contribution in [1.29, 1.82) is 0 Å². The Labute approximate surface area is 135 Å². The van der Waals surface area contributed by atoms with Crippen molar-refractivity contribution >= 4 is 27.5 Å². The Morgan fingerprint density at radius 1 is 1.14 bits per heavy atom. The molecule has 0 bridgehead atoms. The lowest BCUT2D eigenvalue weighted by Gasteiger charge is -2.03. The molecule has 0 aliphatic carbocycles. The lowest BCUT2D eigenvalue weighted by molar-refractivity contribution is 0.102. The maximum atomic E-state index is 12.2. The lowest BCUT2D eigenvalue weighted by Crippen LogP contribution is -2.12. The van der Waals surface area contributed by atoms with Gasteiger partial charge in [0, 0.05) is 21.8 Å². The molecule has 3 aromatic rings. The number of phenols is 1. The van der Waals surface area contributed by atoms with Gasteiger partial charge in [0.25, 0.3) is 5.91 Å². The third kappa shape index (κ3) is 3.17. The molecular formula is C16H12BrN3O2. The summed E-state index contributed by atoms with van der Waals surface area (Å²) < 4.78 is 0.980. The van der Waals surface area contributed by atoms with Crippen LogP contribution in [-0.4, -0.2) is 21.2 Å². The zero-order valence-corrected chi connectivity index (χ0v) is 13.0. The van der Waals surface area contributed by atoms with Crippen LogP contribution in [0.3, 0.4) is 0 Å². The van der Waals surface area contributed by atoms with Crippen LogP contribution in [-0.2, 0) is 0 Å². The fourth-order valence-electron chi connectivity index (χ4n) is 1.99. The first-order chi connectivity index (χ1) is 10.6. The Morgan fingerprint density at radius 3 is 2.64 bits per heavy atom. The summed E-state index contributed by atoms with van der Waals surface area (Å²) in [5.74, 6) is -0.223. The summed E-state index contributed by atoms with van der Waals surface area (Å²) in [5, 5.41) is 19.0. The monoisotopic (exact) mass is 357 g/mol. The van der Waals surface area contributed by atoms with E-state index in [4.69, 9.17) is 0 Å². The van der Waals surface area contributed by atoms with E-state index in [2.05, 4.69) is 31.4 Å². The number of carbonyl (C=O) groups excluding carboxylic acids is 1. The van der Waals surface area contributed by atoms with Crippen molar-refractivity contribution in [2.75, 3.05) is 5.32 Å². The highest BCUT2D eigenvalue weighted by molar-refractivity contribution is 9.10. The summed E-state index contributed by atoms with van der Waals surface area (Å²) >= 11 is 3.38. The van der Waals surface area contributed by atoms with E-state index in [0.29, 0.717) is 17.1 Å². The van der Waals surface area contributed by atoms with Gasteiger partial charge in [-0.15, -0.1) is 0 Å². The molecule has 22 heavy (non-hydrogen) atoms. The van der Waals surface area contributed by atoms with Gasteiger partial charge in [0.1, 0.15) is 11.4 Å². The van der Waals surface area contributed by atoms with Crippen LogP contribution >= 0.6 is 15.9 Å². The number of aromatic amines is 1. The molecule has 0 spiro atoms. The molecule has 2 aromatic carbocycles. The van der Waals surface area contributed by atoms with Crippen molar-refractivity contribution in [3.8, 4) is 17.0 Å². The van der Waals surface area contributed by atoms with E-state index < -0.39 is 0 Å². The molecule has 1 amide bonds. The highest BCUT2D eigenvalue weighted by atomic mass is 79.9. The highest BCUT2D eigenvalue weighted by Crippen LogP contribution is 2.21. The van der Waals surface area contributed by atoms with Crippen LogP contribution < -0.4 is 5.32 Å². The van der Waals surface area contributed by atoms with E-state index in [1.54, 1.807) is 18.2 Å². The highest BCUT2D eigenvalue weighted by Gasteiger charge is 2.11. The standard InChI is InChI=1S/C16H12BrN3O2/c17-11-6-4-10(5-7-11)14-9-15(20-19-14)16(22)18-12-2-1-3-13(21)8-12/h1-9,21H,(H,18,22)(H,19,20). The number of nitrogens with one attached hydrogen (secondary N) is 2. The van der Waals surface area contributed by atoms with Crippen molar-refractivity contribution in [2.24, 2.45) is 0 Å². The largest absolute Gasteiger partial charge is 0.508 e. The van der Waals surface area contributed by atoms with Gasteiger partial charge in [-0.2, -0.15) is 5.10 Å². The number of phenolic OH excluding ortho intramolecular Hbond substituents is 1.